The van der Waals surface area contributed by atoms with E-state index in [9.17, 15) is 13.2 Å². The summed E-state index contributed by atoms with van der Waals surface area (Å²) in [7, 11) is 0. The van der Waals surface area contributed by atoms with Crippen LogP contribution in [0.5, 0.6) is 0 Å². The van der Waals surface area contributed by atoms with Gasteiger partial charge in [0.15, 0.2) is 0 Å². The molecule has 0 radical (unpaired) electrons. The van der Waals surface area contributed by atoms with Gasteiger partial charge in [0, 0.05) is 5.92 Å². The second-order valence-electron chi connectivity index (χ2n) is 3.76. The lowest BCUT2D eigenvalue weighted by atomic mass is 9.79. The van der Waals surface area contributed by atoms with Crippen LogP contribution >= 0.6 is 0 Å². The van der Waals surface area contributed by atoms with Crippen molar-refractivity contribution < 1.29 is 17.9 Å². The van der Waals surface area contributed by atoms with Crippen LogP contribution in [0.1, 0.15) is 12.8 Å². The van der Waals surface area contributed by atoms with Gasteiger partial charge in [-0.1, -0.05) is 0 Å². The summed E-state index contributed by atoms with van der Waals surface area (Å²) in [6.07, 6.45) is -3.76. The van der Waals surface area contributed by atoms with Crippen molar-refractivity contribution in [3.63, 3.8) is 0 Å². The van der Waals surface area contributed by atoms with Gasteiger partial charge in [-0.15, -0.1) is 0 Å². The van der Waals surface area contributed by atoms with Gasteiger partial charge in [-0.05, 0) is 19.4 Å². The molecule has 2 heterocycles. The molecule has 2 nitrogen and oxygen atoms in total. The third-order valence-corrected chi connectivity index (χ3v) is 3.07. The molecule has 5 heteroatoms. The molecule has 2 bridgehead atoms. The number of alkyl halides is 3. The van der Waals surface area contributed by atoms with Crippen molar-refractivity contribution in [2.45, 2.75) is 31.2 Å². The fourth-order valence-electron chi connectivity index (χ4n) is 2.53. The maximum atomic E-state index is 12.5. The standard InChI is InChI=1S/C8H12F3NO/c9-8(10,11)7-4(3-12)5-1-2-6(7)13-5/h4-7H,1-3,12H2. The minimum absolute atomic E-state index is 0.0747. The Labute approximate surface area is 74.2 Å². The Hall–Kier alpha value is -0.290. The molecule has 2 aliphatic heterocycles. The highest BCUT2D eigenvalue weighted by molar-refractivity contribution is 4.99. The maximum absolute atomic E-state index is 12.5. The number of hydrogen-bond acceptors (Lipinski definition) is 2. The van der Waals surface area contributed by atoms with Gasteiger partial charge >= 0.3 is 6.18 Å². The van der Waals surface area contributed by atoms with Crippen LogP contribution in [0.25, 0.3) is 0 Å². The summed E-state index contributed by atoms with van der Waals surface area (Å²) in [5.74, 6) is -1.84. The van der Waals surface area contributed by atoms with Crippen molar-refractivity contribution >= 4 is 0 Å². The molecule has 2 rings (SSSR count). The SMILES string of the molecule is NCC1C2CCC(O2)C1C(F)(F)F. The van der Waals surface area contributed by atoms with E-state index in [1.165, 1.54) is 0 Å². The Kier molecular flexibility index (Phi) is 2.03. The molecule has 0 spiro atoms. The summed E-state index contributed by atoms with van der Waals surface area (Å²) in [4.78, 5) is 0. The highest BCUT2D eigenvalue weighted by Crippen LogP contribution is 2.49. The molecule has 2 saturated heterocycles. The summed E-state index contributed by atoms with van der Waals surface area (Å²) in [5, 5.41) is 0. The number of fused-ring (bicyclic) bond motifs is 2. The van der Waals surface area contributed by atoms with Crippen LogP contribution in [-0.2, 0) is 4.74 Å². The molecule has 0 aliphatic carbocycles. The van der Waals surface area contributed by atoms with Gasteiger partial charge in [-0.3, -0.25) is 0 Å². The number of nitrogens with two attached hydrogens (primary N) is 1. The first-order chi connectivity index (χ1) is 6.04. The third-order valence-electron chi connectivity index (χ3n) is 3.07. The van der Waals surface area contributed by atoms with Crippen LogP contribution in [0.2, 0.25) is 0 Å². The van der Waals surface area contributed by atoms with Gasteiger partial charge in [0.2, 0.25) is 0 Å². The lowest BCUT2D eigenvalue weighted by molar-refractivity contribution is -0.195. The first kappa shape index (κ1) is 9.27. The normalized spacial score (nSPS) is 44.3. The topological polar surface area (TPSA) is 35.2 Å². The van der Waals surface area contributed by atoms with Crippen LogP contribution in [0.4, 0.5) is 13.2 Å². The average Bonchev–Trinajstić information content (AvgIpc) is 2.59. The third kappa shape index (κ3) is 1.34. The highest BCUT2D eigenvalue weighted by Gasteiger charge is 2.59. The van der Waals surface area contributed by atoms with Crippen molar-refractivity contribution in [1.82, 2.24) is 0 Å². The minimum Gasteiger partial charge on any atom is -0.374 e. The zero-order valence-corrected chi connectivity index (χ0v) is 7.05. The first-order valence-corrected chi connectivity index (χ1v) is 4.46. The van der Waals surface area contributed by atoms with Crippen LogP contribution in [-0.4, -0.2) is 24.9 Å². The summed E-state index contributed by atoms with van der Waals surface area (Å²) >= 11 is 0. The predicted molar refractivity (Wildman–Crippen MR) is 40.0 cm³/mol. The van der Waals surface area contributed by atoms with E-state index in [1.54, 1.807) is 0 Å². The number of rotatable bonds is 1. The fraction of sp³-hybridized carbons (Fsp3) is 1.00. The zero-order valence-electron chi connectivity index (χ0n) is 7.05. The van der Waals surface area contributed by atoms with Crippen molar-refractivity contribution in [2.75, 3.05) is 6.54 Å². The van der Waals surface area contributed by atoms with Crippen LogP contribution in [0.3, 0.4) is 0 Å². The molecule has 13 heavy (non-hydrogen) atoms. The van der Waals surface area contributed by atoms with E-state index in [0.29, 0.717) is 6.42 Å². The largest absolute Gasteiger partial charge is 0.394 e. The molecule has 0 saturated carbocycles. The first-order valence-electron chi connectivity index (χ1n) is 4.46. The van der Waals surface area contributed by atoms with E-state index in [1.807, 2.05) is 0 Å². The van der Waals surface area contributed by atoms with Crippen LogP contribution < -0.4 is 5.73 Å². The number of halogens is 3. The van der Waals surface area contributed by atoms with Crippen molar-refractivity contribution in [3.05, 3.63) is 0 Å². The minimum atomic E-state index is -4.15. The highest BCUT2D eigenvalue weighted by atomic mass is 19.4. The lowest BCUT2D eigenvalue weighted by Gasteiger charge is -2.28. The van der Waals surface area contributed by atoms with E-state index in [4.69, 9.17) is 10.5 Å². The van der Waals surface area contributed by atoms with Crippen LogP contribution in [0.15, 0.2) is 0 Å². The average molecular weight is 195 g/mol. The molecule has 2 N–H and O–H groups in total. The van der Waals surface area contributed by atoms with E-state index in [0.717, 1.165) is 6.42 Å². The van der Waals surface area contributed by atoms with E-state index in [2.05, 4.69) is 0 Å². The van der Waals surface area contributed by atoms with Gasteiger partial charge < -0.3 is 10.5 Å². The predicted octanol–water partition coefficient (Wildman–Crippen LogP) is 1.30. The molecule has 76 valence electrons. The molecule has 2 fully saturated rings. The summed E-state index contributed by atoms with van der Waals surface area (Å²) < 4.78 is 42.8. The summed E-state index contributed by atoms with van der Waals surface area (Å²) in [6.45, 7) is 0.0747. The second-order valence-corrected chi connectivity index (χ2v) is 3.76. The van der Waals surface area contributed by atoms with Crippen molar-refractivity contribution in [2.24, 2.45) is 17.6 Å². The number of ether oxygens (including phenoxy) is 1. The fourth-order valence-corrected chi connectivity index (χ4v) is 2.53. The molecule has 0 aromatic rings. The molecule has 4 atom stereocenters. The van der Waals surface area contributed by atoms with E-state index >= 15 is 0 Å². The summed E-state index contributed by atoms with van der Waals surface area (Å²) in [6, 6.07) is 0. The van der Waals surface area contributed by atoms with Gasteiger partial charge in [0.05, 0.1) is 18.1 Å². The smallest absolute Gasteiger partial charge is 0.374 e. The Morgan fingerprint density at radius 1 is 1.23 bits per heavy atom. The second kappa shape index (κ2) is 2.85. The Balaban J connectivity index is 2.18. The molecular weight excluding hydrogens is 183 g/mol. The van der Waals surface area contributed by atoms with Gasteiger partial charge in [0.1, 0.15) is 0 Å². The van der Waals surface area contributed by atoms with E-state index < -0.39 is 24.1 Å². The van der Waals surface area contributed by atoms with Gasteiger partial charge in [-0.2, -0.15) is 13.2 Å². The lowest BCUT2D eigenvalue weighted by Crippen LogP contribution is -2.41. The Bertz CT molecular complexity index is 206. The maximum Gasteiger partial charge on any atom is 0.394 e. The number of hydrogen-bond donors (Lipinski definition) is 1. The van der Waals surface area contributed by atoms with E-state index in [-0.39, 0.29) is 12.6 Å². The molecular formula is C8H12F3NO. The van der Waals surface area contributed by atoms with Crippen LogP contribution in [0, 0.1) is 11.8 Å². The Morgan fingerprint density at radius 2 is 1.85 bits per heavy atom. The molecule has 2 aliphatic rings. The monoisotopic (exact) mass is 195 g/mol. The molecule has 0 aromatic carbocycles. The van der Waals surface area contributed by atoms with Gasteiger partial charge in [-0.25, -0.2) is 0 Å². The van der Waals surface area contributed by atoms with Gasteiger partial charge in [0.25, 0.3) is 0 Å². The van der Waals surface area contributed by atoms with Crippen molar-refractivity contribution in [3.8, 4) is 0 Å². The quantitative estimate of drug-likeness (QED) is 0.684. The molecule has 0 aromatic heterocycles. The van der Waals surface area contributed by atoms with Crippen molar-refractivity contribution in [1.29, 1.82) is 0 Å². The zero-order chi connectivity index (χ0) is 9.64. The molecule has 4 unspecified atom stereocenters. The Morgan fingerprint density at radius 3 is 2.31 bits per heavy atom. The molecule has 0 amide bonds. The summed E-state index contributed by atoms with van der Waals surface area (Å²) in [5.41, 5.74) is 5.33.